The van der Waals surface area contributed by atoms with Gasteiger partial charge in [0.1, 0.15) is 11.5 Å². The van der Waals surface area contributed by atoms with Gasteiger partial charge in [0, 0.05) is 10.2 Å². The third-order valence-electron chi connectivity index (χ3n) is 3.38. The Balaban J connectivity index is 1.59. The van der Waals surface area contributed by atoms with Gasteiger partial charge < -0.3 is 20.1 Å². The van der Waals surface area contributed by atoms with Crippen molar-refractivity contribution in [3.8, 4) is 11.5 Å². The molecule has 24 heavy (non-hydrogen) atoms. The lowest BCUT2D eigenvalue weighted by Gasteiger charge is -2.23. The number of nitrogens with one attached hydrogen (secondary N) is 2. The van der Waals surface area contributed by atoms with Crippen LogP contribution in [0.3, 0.4) is 0 Å². The van der Waals surface area contributed by atoms with E-state index in [-0.39, 0.29) is 18.4 Å². The molecular formula is C17H15BrN2O4. The smallest absolute Gasteiger partial charge is 0.265 e. The molecule has 0 fully saturated rings. The molecule has 2 N–H and O–H groups in total. The number of hydrogen-bond donors (Lipinski definition) is 2. The van der Waals surface area contributed by atoms with Crippen molar-refractivity contribution in [1.29, 1.82) is 0 Å². The van der Waals surface area contributed by atoms with Gasteiger partial charge in [0.25, 0.3) is 11.8 Å². The van der Waals surface area contributed by atoms with Crippen LogP contribution in [0.15, 0.2) is 46.9 Å². The van der Waals surface area contributed by atoms with E-state index in [1.165, 1.54) is 0 Å². The number of anilines is 2. The first-order valence-corrected chi connectivity index (χ1v) is 8.10. The summed E-state index contributed by atoms with van der Waals surface area (Å²) in [5.74, 6) is 0.665. The molecular weight excluding hydrogens is 376 g/mol. The first-order valence-electron chi connectivity index (χ1n) is 7.31. The van der Waals surface area contributed by atoms with Crippen LogP contribution >= 0.6 is 15.9 Å². The summed E-state index contributed by atoms with van der Waals surface area (Å²) in [5.41, 5.74) is 1.08. The van der Waals surface area contributed by atoms with Gasteiger partial charge in [-0.15, -0.1) is 0 Å². The molecule has 7 heteroatoms. The number of carbonyl (C=O) groups is 2. The molecule has 124 valence electrons. The van der Waals surface area contributed by atoms with Crippen molar-refractivity contribution >= 4 is 39.1 Å². The summed E-state index contributed by atoms with van der Waals surface area (Å²) in [6.07, 6.45) is -0.530. The van der Waals surface area contributed by atoms with E-state index in [4.69, 9.17) is 9.47 Å². The van der Waals surface area contributed by atoms with Gasteiger partial charge in [-0.05, 0) is 49.4 Å². The number of hydrogen-bond acceptors (Lipinski definition) is 4. The number of amides is 2. The standard InChI is InChI=1S/C17H15BrN2O4/c1-10-17(22)20-14-8-12(4-7-15(14)24-10)19-16(21)9-23-13-5-2-11(18)3-6-13/h2-8,10H,9H2,1H3,(H,19,21)(H,20,22)/t10-/m1/s1. The minimum Gasteiger partial charge on any atom is -0.484 e. The van der Waals surface area contributed by atoms with Crippen molar-refractivity contribution in [1.82, 2.24) is 0 Å². The maximum absolute atomic E-state index is 12.0. The third kappa shape index (κ3) is 3.86. The molecule has 0 aromatic heterocycles. The number of carbonyl (C=O) groups excluding carboxylic acids is 2. The highest BCUT2D eigenvalue weighted by Crippen LogP contribution is 2.32. The number of ether oxygens (including phenoxy) is 2. The van der Waals surface area contributed by atoms with Gasteiger partial charge in [-0.1, -0.05) is 15.9 Å². The van der Waals surface area contributed by atoms with E-state index in [0.29, 0.717) is 22.9 Å². The highest BCUT2D eigenvalue weighted by molar-refractivity contribution is 9.10. The Morgan fingerprint density at radius 3 is 2.79 bits per heavy atom. The summed E-state index contributed by atoms with van der Waals surface area (Å²) in [4.78, 5) is 23.6. The first-order chi connectivity index (χ1) is 11.5. The van der Waals surface area contributed by atoms with E-state index < -0.39 is 6.10 Å². The van der Waals surface area contributed by atoms with Gasteiger partial charge in [0.05, 0.1) is 5.69 Å². The zero-order chi connectivity index (χ0) is 17.1. The summed E-state index contributed by atoms with van der Waals surface area (Å²) in [7, 11) is 0. The fourth-order valence-corrected chi connectivity index (χ4v) is 2.43. The van der Waals surface area contributed by atoms with E-state index in [1.54, 1.807) is 37.3 Å². The molecule has 0 saturated carbocycles. The van der Waals surface area contributed by atoms with Crippen molar-refractivity contribution < 1.29 is 19.1 Å². The third-order valence-corrected chi connectivity index (χ3v) is 3.91. The van der Waals surface area contributed by atoms with E-state index >= 15 is 0 Å². The molecule has 0 radical (unpaired) electrons. The van der Waals surface area contributed by atoms with Crippen LogP contribution in [-0.2, 0) is 9.59 Å². The van der Waals surface area contributed by atoms with E-state index in [1.807, 2.05) is 12.1 Å². The van der Waals surface area contributed by atoms with Crippen molar-refractivity contribution in [3.05, 3.63) is 46.9 Å². The molecule has 1 aliphatic heterocycles. The predicted octanol–water partition coefficient (Wildman–Crippen LogP) is 3.19. The van der Waals surface area contributed by atoms with Crippen LogP contribution in [0.25, 0.3) is 0 Å². The predicted molar refractivity (Wildman–Crippen MR) is 93.4 cm³/mol. The first kappa shape index (κ1) is 16.3. The maximum atomic E-state index is 12.0. The second kappa shape index (κ2) is 6.92. The van der Waals surface area contributed by atoms with Crippen LogP contribution in [0.1, 0.15) is 6.92 Å². The molecule has 0 unspecified atom stereocenters. The van der Waals surface area contributed by atoms with E-state index in [9.17, 15) is 9.59 Å². The van der Waals surface area contributed by atoms with E-state index in [0.717, 1.165) is 4.47 Å². The molecule has 2 aromatic rings. The van der Waals surface area contributed by atoms with Gasteiger partial charge in [0.2, 0.25) is 0 Å². The van der Waals surface area contributed by atoms with Gasteiger partial charge in [0.15, 0.2) is 12.7 Å². The minimum absolute atomic E-state index is 0.112. The molecule has 1 atom stereocenters. The molecule has 0 bridgehead atoms. The number of benzene rings is 2. The molecule has 1 aliphatic rings. The summed E-state index contributed by atoms with van der Waals surface area (Å²) in [6.45, 7) is 1.56. The van der Waals surface area contributed by atoms with Crippen molar-refractivity contribution in [2.24, 2.45) is 0 Å². The number of fused-ring (bicyclic) bond motifs is 1. The Morgan fingerprint density at radius 2 is 2.04 bits per heavy atom. The highest BCUT2D eigenvalue weighted by atomic mass is 79.9. The largest absolute Gasteiger partial charge is 0.484 e. The maximum Gasteiger partial charge on any atom is 0.265 e. The van der Waals surface area contributed by atoms with Crippen molar-refractivity contribution in [2.45, 2.75) is 13.0 Å². The van der Waals surface area contributed by atoms with E-state index in [2.05, 4.69) is 26.6 Å². The van der Waals surface area contributed by atoms with Crippen molar-refractivity contribution in [2.75, 3.05) is 17.2 Å². The summed E-state index contributed by atoms with van der Waals surface area (Å²) in [5, 5.41) is 5.46. The van der Waals surface area contributed by atoms with Gasteiger partial charge in [-0.3, -0.25) is 9.59 Å². The Kier molecular flexibility index (Phi) is 4.71. The Labute approximate surface area is 147 Å². The van der Waals surface area contributed by atoms with Crippen LogP contribution in [0, 0.1) is 0 Å². The van der Waals surface area contributed by atoms with Crippen LogP contribution < -0.4 is 20.1 Å². The van der Waals surface area contributed by atoms with Crippen LogP contribution in [-0.4, -0.2) is 24.5 Å². The van der Waals surface area contributed by atoms with Crippen LogP contribution in [0.2, 0.25) is 0 Å². The fraction of sp³-hybridized carbons (Fsp3) is 0.176. The number of halogens is 1. The Bertz CT molecular complexity index is 777. The molecule has 2 amide bonds. The monoisotopic (exact) mass is 390 g/mol. The summed E-state index contributed by atoms with van der Waals surface area (Å²) in [6, 6.07) is 12.3. The Morgan fingerprint density at radius 1 is 1.29 bits per heavy atom. The zero-order valence-corrected chi connectivity index (χ0v) is 14.4. The molecule has 1 heterocycles. The second-order valence-corrected chi connectivity index (χ2v) is 6.17. The Hall–Kier alpha value is -2.54. The molecule has 0 spiro atoms. The lowest BCUT2D eigenvalue weighted by atomic mass is 10.2. The van der Waals surface area contributed by atoms with Crippen LogP contribution in [0.5, 0.6) is 11.5 Å². The SMILES string of the molecule is C[C@H]1Oc2ccc(NC(=O)COc3ccc(Br)cc3)cc2NC1=O. The topological polar surface area (TPSA) is 76.7 Å². The lowest BCUT2D eigenvalue weighted by molar-refractivity contribution is -0.122. The van der Waals surface area contributed by atoms with Crippen molar-refractivity contribution in [3.63, 3.8) is 0 Å². The normalized spacial score (nSPS) is 15.8. The quantitative estimate of drug-likeness (QED) is 0.840. The number of rotatable bonds is 4. The second-order valence-electron chi connectivity index (χ2n) is 5.25. The molecule has 0 aliphatic carbocycles. The highest BCUT2D eigenvalue weighted by Gasteiger charge is 2.23. The average molecular weight is 391 g/mol. The molecule has 3 rings (SSSR count). The van der Waals surface area contributed by atoms with Gasteiger partial charge in [-0.2, -0.15) is 0 Å². The van der Waals surface area contributed by atoms with Gasteiger partial charge in [-0.25, -0.2) is 0 Å². The molecule has 2 aromatic carbocycles. The molecule has 6 nitrogen and oxygen atoms in total. The van der Waals surface area contributed by atoms with Gasteiger partial charge >= 0.3 is 0 Å². The average Bonchev–Trinajstić information content (AvgIpc) is 2.56. The fourth-order valence-electron chi connectivity index (χ4n) is 2.16. The molecule has 0 saturated heterocycles. The lowest BCUT2D eigenvalue weighted by Crippen LogP contribution is -2.34. The zero-order valence-electron chi connectivity index (χ0n) is 12.8. The van der Waals surface area contributed by atoms with Crippen LogP contribution in [0.4, 0.5) is 11.4 Å². The minimum atomic E-state index is -0.530. The summed E-state index contributed by atoms with van der Waals surface area (Å²) >= 11 is 3.33. The summed E-state index contributed by atoms with van der Waals surface area (Å²) < 4.78 is 11.8.